The van der Waals surface area contributed by atoms with Gasteiger partial charge in [-0.3, -0.25) is 9.59 Å². The molecule has 0 heterocycles. The van der Waals surface area contributed by atoms with Crippen LogP contribution in [0.3, 0.4) is 0 Å². The molecule has 2 aromatic carbocycles. The van der Waals surface area contributed by atoms with Crippen LogP contribution in [0.1, 0.15) is 23.6 Å². The first-order chi connectivity index (χ1) is 12.9. The van der Waals surface area contributed by atoms with Crippen LogP contribution < -0.4 is 14.8 Å². The van der Waals surface area contributed by atoms with Crippen LogP contribution >= 0.6 is 0 Å². The maximum atomic E-state index is 13.9. The third kappa shape index (κ3) is 4.02. The van der Waals surface area contributed by atoms with Crippen LogP contribution in [-0.2, 0) is 9.59 Å². The summed E-state index contributed by atoms with van der Waals surface area (Å²) >= 11 is 0. The molecule has 2 aromatic rings. The average Bonchev–Trinajstić information content (AvgIpc) is 3.47. The number of hydrogen-bond acceptors (Lipinski definition) is 4. The fourth-order valence-electron chi connectivity index (χ4n) is 3.10. The summed E-state index contributed by atoms with van der Waals surface area (Å²) in [6.45, 7) is 0. The van der Waals surface area contributed by atoms with E-state index in [-0.39, 0.29) is 5.91 Å². The van der Waals surface area contributed by atoms with Gasteiger partial charge in [-0.2, -0.15) is 0 Å². The second kappa shape index (κ2) is 7.65. The SMILES string of the molecule is COc1cccc(C(NC(=O)C2CC2C(=O)O)c2cc(F)ccc2OC)c1. The van der Waals surface area contributed by atoms with Crippen molar-refractivity contribution in [3.8, 4) is 11.5 Å². The maximum Gasteiger partial charge on any atom is 0.307 e. The number of halogens is 1. The topological polar surface area (TPSA) is 84.9 Å². The highest BCUT2D eigenvalue weighted by molar-refractivity contribution is 5.90. The molecule has 142 valence electrons. The number of carboxylic acid groups (broad SMARTS) is 1. The van der Waals surface area contributed by atoms with Crippen molar-refractivity contribution in [3.05, 3.63) is 59.4 Å². The van der Waals surface area contributed by atoms with Crippen molar-refractivity contribution in [2.45, 2.75) is 12.5 Å². The molecule has 6 nitrogen and oxygen atoms in total. The number of carbonyl (C=O) groups is 2. The zero-order chi connectivity index (χ0) is 19.6. The Bertz CT molecular complexity index is 869. The summed E-state index contributed by atoms with van der Waals surface area (Å²) in [6, 6.07) is 10.4. The van der Waals surface area contributed by atoms with E-state index in [0.29, 0.717) is 29.0 Å². The van der Waals surface area contributed by atoms with Gasteiger partial charge in [-0.15, -0.1) is 0 Å². The van der Waals surface area contributed by atoms with Gasteiger partial charge >= 0.3 is 5.97 Å². The van der Waals surface area contributed by atoms with Gasteiger partial charge in [0, 0.05) is 5.56 Å². The molecule has 0 bridgehead atoms. The van der Waals surface area contributed by atoms with Gasteiger partial charge in [-0.1, -0.05) is 12.1 Å². The number of amides is 1. The number of ether oxygens (including phenoxy) is 2. The summed E-state index contributed by atoms with van der Waals surface area (Å²) in [7, 11) is 2.99. The first-order valence-electron chi connectivity index (χ1n) is 8.45. The molecule has 7 heteroatoms. The molecule has 3 unspecified atom stereocenters. The molecule has 1 aliphatic rings. The van der Waals surface area contributed by atoms with Crippen LogP contribution in [0.15, 0.2) is 42.5 Å². The lowest BCUT2D eigenvalue weighted by molar-refractivity contribution is -0.140. The number of hydrogen-bond donors (Lipinski definition) is 2. The Hall–Kier alpha value is -3.09. The van der Waals surface area contributed by atoms with Gasteiger partial charge in [-0.25, -0.2) is 4.39 Å². The molecule has 1 saturated carbocycles. The standard InChI is InChI=1S/C20H20FNO5/c1-26-13-5-3-4-11(8-13)18(16-9-12(21)6-7-17(16)27-2)22-19(23)14-10-15(14)20(24)25/h3-9,14-15,18H,10H2,1-2H3,(H,22,23)(H,24,25). The Labute approximate surface area is 155 Å². The number of aliphatic carboxylic acids is 1. The van der Waals surface area contributed by atoms with Gasteiger partial charge in [0.25, 0.3) is 0 Å². The summed E-state index contributed by atoms with van der Waals surface area (Å²) in [4.78, 5) is 23.6. The Morgan fingerprint density at radius 3 is 2.56 bits per heavy atom. The zero-order valence-corrected chi connectivity index (χ0v) is 14.9. The lowest BCUT2D eigenvalue weighted by Crippen LogP contribution is -2.31. The third-order valence-electron chi connectivity index (χ3n) is 4.66. The Morgan fingerprint density at radius 2 is 1.93 bits per heavy atom. The average molecular weight is 373 g/mol. The number of benzene rings is 2. The van der Waals surface area contributed by atoms with Gasteiger partial charge in [0.05, 0.1) is 32.1 Å². The molecule has 1 aliphatic carbocycles. The number of methoxy groups -OCH3 is 2. The summed E-state index contributed by atoms with van der Waals surface area (Å²) in [5, 5.41) is 11.9. The van der Waals surface area contributed by atoms with E-state index in [4.69, 9.17) is 14.6 Å². The molecule has 0 spiro atoms. The molecule has 2 N–H and O–H groups in total. The van der Waals surface area contributed by atoms with Gasteiger partial charge < -0.3 is 19.9 Å². The molecular formula is C20H20FNO5. The summed E-state index contributed by atoms with van der Waals surface area (Å²) in [6.07, 6.45) is 0.298. The molecular weight excluding hydrogens is 353 g/mol. The van der Waals surface area contributed by atoms with Crippen molar-refractivity contribution in [2.75, 3.05) is 14.2 Å². The molecule has 27 heavy (non-hydrogen) atoms. The smallest absolute Gasteiger partial charge is 0.307 e. The van der Waals surface area contributed by atoms with Crippen molar-refractivity contribution in [1.29, 1.82) is 0 Å². The lowest BCUT2D eigenvalue weighted by atomic mass is 9.97. The molecule has 1 amide bonds. The highest BCUT2D eigenvalue weighted by Gasteiger charge is 2.48. The first kappa shape index (κ1) is 18.7. The highest BCUT2D eigenvalue weighted by Crippen LogP contribution is 2.40. The molecule has 3 atom stereocenters. The molecule has 0 aromatic heterocycles. The van der Waals surface area contributed by atoms with Crippen LogP contribution in [0.2, 0.25) is 0 Å². The minimum absolute atomic E-state index is 0.298. The minimum Gasteiger partial charge on any atom is -0.497 e. The van der Waals surface area contributed by atoms with E-state index in [9.17, 15) is 14.0 Å². The van der Waals surface area contributed by atoms with E-state index in [1.165, 1.54) is 32.4 Å². The van der Waals surface area contributed by atoms with Gasteiger partial charge in [0.15, 0.2) is 0 Å². The Kier molecular flexibility index (Phi) is 5.30. The fourth-order valence-corrected chi connectivity index (χ4v) is 3.10. The van der Waals surface area contributed by atoms with Crippen molar-refractivity contribution < 1.29 is 28.6 Å². The number of rotatable bonds is 7. The van der Waals surface area contributed by atoms with Crippen molar-refractivity contribution in [3.63, 3.8) is 0 Å². The van der Waals surface area contributed by atoms with Crippen molar-refractivity contribution >= 4 is 11.9 Å². The largest absolute Gasteiger partial charge is 0.497 e. The second-order valence-electron chi connectivity index (χ2n) is 6.39. The van der Waals surface area contributed by atoms with Crippen LogP contribution in [-0.4, -0.2) is 31.2 Å². The molecule has 0 saturated heterocycles. The predicted octanol–water partition coefficient (Wildman–Crippen LogP) is 2.77. The van der Waals surface area contributed by atoms with E-state index >= 15 is 0 Å². The lowest BCUT2D eigenvalue weighted by Gasteiger charge is -2.22. The van der Waals surface area contributed by atoms with Gasteiger partial charge in [-0.05, 0) is 42.3 Å². The molecule has 3 rings (SSSR count). The number of carbonyl (C=O) groups excluding carboxylic acids is 1. The summed E-state index contributed by atoms with van der Waals surface area (Å²) in [5.41, 5.74) is 1.10. The summed E-state index contributed by atoms with van der Waals surface area (Å²) < 4.78 is 24.5. The highest BCUT2D eigenvalue weighted by atomic mass is 19.1. The summed E-state index contributed by atoms with van der Waals surface area (Å²) in [5.74, 6) is -2.12. The van der Waals surface area contributed by atoms with E-state index in [0.717, 1.165) is 0 Å². The normalized spacial score (nSPS) is 19.1. The van der Waals surface area contributed by atoms with E-state index < -0.39 is 29.7 Å². The van der Waals surface area contributed by atoms with E-state index in [2.05, 4.69) is 5.32 Å². The minimum atomic E-state index is -0.989. The zero-order valence-electron chi connectivity index (χ0n) is 14.9. The van der Waals surface area contributed by atoms with Crippen LogP contribution in [0.4, 0.5) is 4.39 Å². The molecule has 1 fully saturated rings. The van der Waals surface area contributed by atoms with Crippen LogP contribution in [0, 0.1) is 17.7 Å². The molecule has 0 radical (unpaired) electrons. The van der Waals surface area contributed by atoms with Gasteiger partial charge in [0.1, 0.15) is 17.3 Å². The predicted molar refractivity (Wildman–Crippen MR) is 95.2 cm³/mol. The van der Waals surface area contributed by atoms with E-state index in [1.54, 1.807) is 24.3 Å². The number of carboxylic acids is 1. The van der Waals surface area contributed by atoms with Gasteiger partial charge in [0.2, 0.25) is 5.91 Å². The van der Waals surface area contributed by atoms with Crippen LogP contribution in [0.5, 0.6) is 11.5 Å². The first-order valence-corrected chi connectivity index (χ1v) is 8.45. The van der Waals surface area contributed by atoms with Crippen LogP contribution in [0.25, 0.3) is 0 Å². The Morgan fingerprint density at radius 1 is 1.15 bits per heavy atom. The molecule has 0 aliphatic heterocycles. The Balaban J connectivity index is 1.98. The second-order valence-corrected chi connectivity index (χ2v) is 6.39. The quantitative estimate of drug-likeness (QED) is 0.780. The fraction of sp³-hybridized carbons (Fsp3) is 0.300. The van der Waals surface area contributed by atoms with E-state index in [1.807, 2.05) is 0 Å². The van der Waals surface area contributed by atoms with Crippen molar-refractivity contribution in [2.24, 2.45) is 11.8 Å². The number of nitrogens with one attached hydrogen (secondary N) is 1. The monoisotopic (exact) mass is 373 g/mol. The van der Waals surface area contributed by atoms with Crippen molar-refractivity contribution in [1.82, 2.24) is 5.32 Å². The maximum absolute atomic E-state index is 13.9. The third-order valence-corrected chi connectivity index (χ3v) is 4.66.